The fraction of sp³-hybridized carbons (Fsp3) is 0.300. The molecule has 0 aliphatic heterocycles. The third kappa shape index (κ3) is 2.70. The number of hydrogen-bond donors (Lipinski definition) is 2. The highest BCUT2D eigenvalue weighted by Crippen LogP contribution is 2.27. The van der Waals surface area contributed by atoms with Crippen LogP contribution in [-0.4, -0.2) is 25.2 Å². The van der Waals surface area contributed by atoms with Crippen LogP contribution in [0.5, 0.6) is 5.75 Å². The summed E-state index contributed by atoms with van der Waals surface area (Å²) in [6, 6.07) is 4.48. The molecular weight excluding hydrogens is 262 g/mol. The minimum absolute atomic E-state index is 0.634. The highest BCUT2D eigenvalue weighted by molar-refractivity contribution is 9.10. The average molecular weight is 274 g/mol. The number of ether oxygens (including phenoxy) is 1. The second-order valence-electron chi connectivity index (χ2n) is 2.95. The molecule has 15 heavy (non-hydrogen) atoms. The third-order valence-electron chi connectivity index (χ3n) is 2.05. The third-order valence-corrected chi connectivity index (χ3v) is 2.77. The minimum atomic E-state index is -0.925. The van der Waals surface area contributed by atoms with Crippen molar-refractivity contribution in [1.29, 1.82) is 0 Å². The Labute approximate surface area is 96.4 Å². The molecule has 0 aliphatic carbocycles. The van der Waals surface area contributed by atoms with Gasteiger partial charge in [-0.25, -0.2) is 0 Å². The van der Waals surface area contributed by atoms with Crippen molar-refractivity contribution in [1.82, 2.24) is 5.32 Å². The maximum atomic E-state index is 11.0. The van der Waals surface area contributed by atoms with Gasteiger partial charge < -0.3 is 15.2 Å². The first-order valence-corrected chi connectivity index (χ1v) is 5.13. The topological polar surface area (TPSA) is 58.6 Å². The summed E-state index contributed by atoms with van der Waals surface area (Å²) in [6.45, 7) is 0. The molecule has 0 unspecified atom stereocenters. The SMILES string of the molecule is CN[C@@H](C(=O)O)c1cc(OC)ccc1Br. The largest absolute Gasteiger partial charge is 0.497 e. The Bertz CT molecular complexity index is 368. The Balaban J connectivity index is 3.15. The standard InChI is InChI=1S/C10H12BrNO3/c1-12-9(10(13)14)7-5-6(15-2)3-4-8(7)11/h3-5,9,12H,1-2H3,(H,13,14)/t9-/m1/s1. The van der Waals surface area contributed by atoms with E-state index in [4.69, 9.17) is 9.84 Å². The van der Waals surface area contributed by atoms with Gasteiger partial charge in [-0.15, -0.1) is 0 Å². The van der Waals surface area contributed by atoms with Crippen LogP contribution in [0, 0.1) is 0 Å². The van der Waals surface area contributed by atoms with E-state index in [1.165, 1.54) is 0 Å². The molecule has 82 valence electrons. The lowest BCUT2D eigenvalue weighted by molar-refractivity contribution is -0.139. The van der Waals surface area contributed by atoms with E-state index in [0.29, 0.717) is 11.3 Å². The zero-order chi connectivity index (χ0) is 11.4. The van der Waals surface area contributed by atoms with Crippen LogP contribution in [0.1, 0.15) is 11.6 Å². The van der Waals surface area contributed by atoms with Crippen LogP contribution in [0.2, 0.25) is 0 Å². The van der Waals surface area contributed by atoms with Gasteiger partial charge in [0.15, 0.2) is 0 Å². The predicted octanol–water partition coefficient (Wildman–Crippen LogP) is 1.80. The van der Waals surface area contributed by atoms with E-state index < -0.39 is 12.0 Å². The molecule has 1 aromatic rings. The Morgan fingerprint density at radius 3 is 2.73 bits per heavy atom. The maximum absolute atomic E-state index is 11.0. The van der Waals surface area contributed by atoms with Gasteiger partial charge in [-0.2, -0.15) is 0 Å². The van der Waals surface area contributed by atoms with E-state index >= 15 is 0 Å². The molecule has 0 fully saturated rings. The molecule has 0 saturated heterocycles. The van der Waals surface area contributed by atoms with E-state index in [2.05, 4.69) is 21.2 Å². The van der Waals surface area contributed by atoms with Gasteiger partial charge in [0.25, 0.3) is 0 Å². The van der Waals surface area contributed by atoms with E-state index in [1.807, 2.05) is 0 Å². The number of benzene rings is 1. The molecule has 1 rings (SSSR count). The minimum Gasteiger partial charge on any atom is -0.497 e. The van der Waals surface area contributed by atoms with Crippen molar-refractivity contribution >= 4 is 21.9 Å². The van der Waals surface area contributed by atoms with Crippen molar-refractivity contribution in [2.75, 3.05) is 14.2 Å². The summed E-state index contributed by atoms with van der Waals surface area (Å²) in [5.41, 5.74) is 0.643. The van der Waals surface area contributed by atoms with E-state index in [-0.39, 0.29) is 0 Å². The molecule has 0 heterocycles. The molecule has 0 aromatic heterocycles. The van der Waals surface area contributed by atoms with Crippen molar-refractivity contribution in [2.45, 2.75) is 6.04 Å². The van der Waals surface area contributed by atoms with Crippen LogP contribution < -0.4 is 10.1 Å². The molecule has 0 amide bonds. The zero-order valence-corrected chi connectivity index (χ0v) is 10.0. The molecule has 0 spiro atoms. The van der Waals surface area contributed by atoms with Crippen LogP contribution in [0.4, 0.5) is 0 Å². The van der Waals surface area contributed by atoms with Crippen LogP contribution >= 0.6 is 15.9 Å². The summed E-state index contributed by atoms with van der Waals surface area (Å²) in [5.74, 6) is -0.291. The van der Waals surface area contributed by atoms with Crippen LogP contribution in [0.15, 0.2) is 22.7 Å². The van der Waals surface area contributed by atoms with Gasteiger partial charge in [0.05, 0.1) is 7.11 Å². The smallest absolute Gasteiger partial charge is 0.325 e. The first-order valence-electron chi connectivity index (χ1n) is 4.33. The number of aliphatic carboxylic acids is 1. The molecule has 2 N–H and O–H groups in total. The van der Waals surface area contributed by atoms with Gasteiger partial charge >= 0.3 is 5.97 Å². The van der Waals surface area contributed by atoms with Gasteiger partial charge in [0.1, 0.15) is 11.8 Å². The molecule has 1 aromatic carbocycles. The zero-order valence-electron chi connectivity index (χ0n) is 8.45. The van der Waals surface area contributed by atoms with Crippen molar-refractivity contribution in [3.05, 3.63) is 28.2 Å². The summed E-state index contributed by atoms with van der Waals surface area (Å²) in [4.78, 5) is 11.0. The number of carboxylic acid groups (broad SMARTS) is 1. The van der Waals surface area contributed by atoms with Crippen molar-refractivity contribution in [2.24, 2.45) is 0 Å². The monoisotopic (exact) mass is 273 g/mol. The molecule has 0 radical (unpaired) electrons. The van der Waals surface area contributed by atoms with Crippen molar-refractivity contribution in [3.8, 4) is 5.75 Å². The van der Waals surface area contributed by atoms with Gasteiger partial charge in [-0.3, -0.25) is 4.79 Å². The van der Waals surface area contributed by atoms with E-state index in [1.54, 1.807) is 32.4 Å². The Kier molecular flexibility index (Phi) is 4.11. The van der Waals surface area contributed by atoms with E-state index in [0.717, 1.165) is 4.47 Å². The lowest BCUT2D eigenvalue weighted by Gasteiger charge is -2.14. The number of halogens is 1. The second-order valence-corrected chi connectivity index (χ2v) is 3.80. The normalized spacial score (nSPS) is 12.2. The average Bonchev–Trinajstić information content (AvgIpc) is 2.21. The van der Waals surface area contributed by atoms with Crippen molar-refractivity contribution < 1.29 is 14.6 Å². The summed E-state index contributed by atoms with van der Waals surface area (Å²) < 4.78 is 5.78. The number of rotatable bonds is 4. The maximum Gasteiger partial charge on any atom is 0.325 e. The number of nitrogens with one attached hydrogen (secondary N) is 1. The lowest BCUT2D eigenvalue weighted by Crippen LogP contribution is -2.25. The first-order chi connectivity index (χ1) is 7.10. The predicted molar refractivity (Wildman–Crippen MR) is 60.1 cm³/mol. The summed E-state index contributed by atoms with van der Waals surface area (Å²) in [5, 5.41) is 11.7. The first kappa shape index (κ1) is 12.0. The number of carboxylic acids is 1. The molecule has 0 bridgehead atoms. The molecular formula is C10H12BrNO3. The Hall–Kier alpha value is -1.07. The number of methoxy groups -OCH3 is 1. The van der Waals surface area contributed by atoms with Gasteiger partial charge in [-0.05, 0) is 30.8 Å². The number of carbonyl (C=O) groups is 1. The molecule has 1 atom stereocenters. The van der Waals surface area contributed by atoms with Crippen LogP contribution in [-0.2, 0) is 4.79 Å². The quantitative estimate of drug-likeness (QED) is 0.879. The summed E-state index contributed by atoms with van der Waals surface area (Å²) in [6.07, 6.45) is 0. The molecule has 5 heteroatoms. The summed E-state index contributed by atoms with van der Waals surface area (Å²) >= 11 is 3.31. The fourth-order valence-corrected chi connectivity index (χ4v) is 1.76. The number of hydrogen-bond acceptors (Lipinski definition) is 3. The fourth-order valence-electron chi connectivity index (χ4n) is 1.28. The number of likely N-dealkylation sites (N-methyl/N-ethyl adjacent to an activating group) is 1. The molecule has 0 aliphatic rings. The Morgan fingerprint density at radius 1 is 1.60 bits per heavy atom. The van der Waals surface area contributed by atoms with Gasteiger partial charge in [0, 0.05) is 4.47 Å². The van der Waals surface area contributed by atoms with Crippen LogP contribution in [0.3, 0.4) is 0 Å². The van der Waals surface area contributed by atoms with E-state index in [9.17, 15) is 4.79 Å². The highest BCUT2D eigenvalue weighted by atomic mass is 79.9. The second kappa shape index (κ2) is 5.14. The molecule has 0 saturated carbocycles. The molecule has 4 nitrogen and oxygen atoms in total. The van der Waals surface area contributed by atoms with Crippen LogP contribution in [0.25, 0.3) is 0 Å². The summed E-state index contributed by atoms with van der Waals surface area (Å²) in [7, 11) is 3.15. The lowest BCUT2D eigenvalue weighted by atomic mass is 10.1. The highest BCUT2D eigenvalue weighted by Gasteiger charge is 2.20. The van der Waals surface area contributed by atoms with Gasteiger partial charge in [-0.1, -0.05) is 15.9 Å². The Morgan fingerprint density at radius 2 is 2.27 bits per heavy atom. The van der Waals surface area contributed by atoms with Gasteiger partial charge in [0.2, 0.25) is 0 Å². The van der Waals surface area contributed by atoms with Crippen molar-refractivity contribution in [3.63, 3.8) is 0 Å².